The molecule has 3 aromatic rings. The average molecular weight is 456 g/mol. The average Bonchev–Trinajstić information content (AvgIpc) is 3.19. The smallest absolute Gasteiger partial charge is 0.338 e. The lowest BCUT2D eigenvalue weighted by Crippen LogP contribution is -2.46. The second kappa shape index (κ2) is 9.66. The van der Waals surface area contributed by atoms with Gasteiger partial charge in [-0.25, -0.2) is 14.3 Å². The number of esters is 1. The van der Waals surface area contributed by atoms with Crippen molar-refractivity contribution >= 4 is 29.4 Å². The zero-order valence-electron chi connectivity index (χ0n) is 18.3. The van der Waals surface area contributed by atoms with Crippen molar-refractivity contribution in [1.82, 2.24) is 24.5 Å². The second-order valence-electron chi connectivity index (χ2n) is 7.69. The minimum Gasteiger partial charge on any atom is -0.452 e. The first-order valence-electron chi connectivity index (χ1n) is 10.4. The minimum atomic E-state index is -0.521. The summed E-state index contributed by atoms with van der Waals surface area (Å²) in [6, 6.07) is 9.14. The summed E-state index contributed by atoms with van der Waals surface area (Å²) in [7, 11) is 0. The Morgan fingerprint density at radius 2 is 2.06 bits per heavy atom. The van der Waals surface area contributed by atoms with Gasteiger partial charge in [-0.15, -0.1) is 5.10 Å². The van der Waals surface area contributed by atoms with E-state index in [1.807, 2.05) is 39.0 Å². The number of benzene rings is 1. The molecule has 0 bridgehead atoms. The standard InChI is InChI=1S/C22H25N5O4S/c1-14-10-15(2)27-21(23-14)24-22(25-27)32-13-17-6-4-5-7-18(17)20(29)31-12-19(28)26-8-9-30-16(3)11-26/h4-7,10,16H,8-9,11-13H2,1-3H3. The molecule has 0 spiro atoms. The predicted octanol–water partition coefficient (Wildman–Crippen LogP) is 2.44. The van der Waals surface area contributed by atoms with E-state index in [4.69, 9.17) is 9.47 Å². The summed E-state index contributed by atoms with van der Waals surface area (Å²) >= 11 is 1.41. The summed E-state index contributed by atoms with van der Waals surface area (Å²) in [6.45, 7) is 7.00. The summed E-state index contributed by atoms with van der Waals surface area (Å²) in [4.78, 5) is 35.6. The number of morpholine rings is 1. The lowest BCUT2D eigenvalue weighted by atomic mass is 10.1. The van der Waals surface area contributed by atoms with Crippen LogP contribution in [0.3, 0.4) is 0 Å². The summed E-state index contributed by atoms with van der Waals surface area (Å²) in [5.74, 6) is 0.294. The molecule has 1 aliphatic heterocycles. The van der Waals surface area contributed by atoms with E-state index in [9.17, 15) is 9.59 Å². The van der Waals surface area contributed by atoms with Gasteiger partial charge in [0, 0.05) is 30.2 Å². The van der Waals surface area contributed by atoms with Crippen molar-refractivity contribution in [3.05, 3.63) is 52.8 Å². The maximum Gasteiger partial charge on any atom is 0.338 e. The molecule has 10 heteroatoms. The number of rotatable bonds is 6. The lowest BCUT2D eigenvalue weighted by molar-refractivity contribution is -0.141. The zero-order chi connectivity index (χ0) is 22.7. The molecule has 1 amide bonds. The van der Waals surface area contributed by atoms with Crippen LogP contribution in [0.2, 0.25) is 0 Å². The molecule has 1 fully saturated rings. The number of hydrogen-bond acceptors (Lipinski definition) is 8. The maximum absolute atomic E-state index is 12.7. The van der Waals surface area contributed by atoms with Crippen LogP contribution in [0.15, 0.2) is 35.5 Å². The van der Waals surface area contributed by atoms with Gasteiger partial charge in [0.2, 0.25) is 5.16 Å². The van der Waals surface area contributed by atoms with Gasteiger partial charge >= 0.3 is 5.97 Å². The van der Waals surface area contributed by atoms with E-state index in [0.29, 0.717) is 41.9 Å². The highest BCUT2D eigenvalue weighted by atomic mass is 32.2. The number of thioether (sulfide) groups is 1. The molecule has 0 saturated carbocycles. The molecule has 1 saturated heterocycles. The molecule has 168 valence electrons. The fraction of sp³-hybridized carbons (Fsp3) is 0.409. The SMILES string of the molecule is Cc1cc(C)n2nc(SCc3ccccc3C(=O)OCC(=O)N3CCOC(C)C3)nc2n1. The molecule has 1 aliphatic rings. The van der Waals surface area contributed by atoms with Gasteiger partial charge in [0.15, 0.2) is 6.61 Å². The molecule has 0 aliphatic carbocycles. The van der Waals surface area contributed by atoms with Crippen LogP contribution < -0.4 is 0 Å². The summed E-state index contributed by atoms with van der Waals surface area (Å²) < 4.78 is 12.5. The number of fused-ring (bicyclic) bond motifs is 1. The van der Waals surface area contributed by atoms with Gasteiger partial charge in [0.25, 0.3) is 11.7 Å². The third-order valence-electron chi connectivity index (χ3n) is 5.11. The molecule has 0 N–H and O–H groups in total. The van der Waals surface area contributed by atoms with Crippen molar-refractivity contribution in [3.8, 4) is 0 Å². The van der Waals surface area contributed by atoms with Crippen molar-refractivity contribution in [2.24, 2.45) is 0 Å². The van der Waals surface area contributed by atoms with Crippen molar-refractivity contribution in [1.29, 1.82) is 0 Å². The molecule has 1 aromatic carbocycles. The first-order valence-corrected chi connectivity index (χ1v) is 11.4. The fourth-order valence-electron chi connectivity index (χ4n) is 3.54. The highest BCUT2D eigenvalue weighted by Gasteiger charge is 2.23. The zero-order valence-corrected chi connectivity index (χ0v) is 19.1. The molecular formula is C22H25N5O4S. The first-order chi connectivity index (χ1) is 15.4. The van der Waals surface area contributed by atoms with Crippen LogP contribution in [0, 0.1) is 13.8 Å². The minimum absolute atomic E-state index is 0.0164. The van der Waals surface area contributed by atoms with Gasteiger partial charge in [-0.3, -0.25) is 4.79 Å². The molecule has 4 rings (SSSR count). The third-order valence-corrected chi connectivity index (χ3v) is 6.00. The quantitative estimate of drug-likeness (QED) is 0.413. The summed E-state index contributed by atoms with van der Waals surface area (Å²) in [5.41, 5.74) is 3.05. The largest absolute Gasteiger partial charge is 0.452 e. The number of carbonyl (C=O) groups excluding carboxylic acids is 2. The van der Waals surface area contributed by atoms with Crippen LogP contribution in [-0.4, -0.2) is 68.8 Å². The van der Waals surface area contributed by atoms with E-state index in [1.54, 1.807) is 21.5 Å². The maximum atomic E-state index is 12.7. The van der Waals surface area contributed by atoms with Crippen LogP contribution in [0.5, 0.6) is 0 Å². The van der Waals surface area contributed by atoms with Crippen LogP contribution >= 0.6 is 11.8 Å². The number of hydrogen-bond donors (Lipinski definition) is 0. The second-order valence-corrected chi connectivity index (χ2v) is 8.63. The Morgan fingerprint density at radius 1 is 1.25 bits per heavy atom. The Kier molecular flexibility index (Phi) is 6.71. The van der Waals surface area contributed by atoms with Crippen LogP contribution in [0.4, 0.5) is 0 Å². The Labute approximate surface area is 190 Å². The monoisotopic (exact) mass is 455 g/mol. The van der Waals surface area contributed by atoms with Crippen molar-refractivity contribution in [2.45, 2.75) is 37.8 Å². The Bertz CT molecular complexity index is 1150. The normalized spacial score (nSPS) is 16.3. The van der Waals surface area contributed by atoms with Gasteiger partial charge in [-0.1, -0.05) is 30.0 Å². The van der Waals surface area contributed by atoms with Crippen LogP contribution in [-0.2, 0) is 20.0 Å². The molecule has 32 heavy (non-hydrogen) atoms. The predicted molar refractivity (Wildman–Crippen MR) is 119 cm³/mol. The van der Waals surface area contributed by atoms with E-state index < -0.39 is 5.97 Å². The number of nitrogens with zero attached hydrogens (tertiary/aromatic N) is 5. The Morgan fingerprint density at radius 3 is 2.88 bits per heavy atom. The number of ether oxygens (including phenoxy) is 2. The Hall–Kier alpha value is -2.98. The van der Waals surface area contributed by atoms with Crippen molar-refractivity contribution in [2.75, 3.05) is 26.3 Å². The van der Waals surface area contributed by atoms with Gasteiger partial charge in [-0.2, -0.15) is 4.98 Å². The highest BCUT2D eigenvalue weighted by Crippen LogP contribution is 2.23. The van der Waals surface area contributed by atoms with Crippen LogP contribution in [0.25, 0.3) is 5.78 Å². The van der Waals surface area contributed by atoms with E-state index in [0.717, 1.165) is 17.0 Å². The lowest BCUT2D eigenvalue weighted by Gasteiger charge is -2.30. The topological polar surface area (TPSA) is 98.9 Å². The third kappa shape index (κ3) is 5.08. The molecule has 9 nitrogen and oxygen atoms in total. The number of carbonyl (C=O) groups is 2. The van der Waals surface area contributed by atoms with Gasteiger partial charge < -0.3 is 14.4 Å². The fourth-order valence-corrected chi connectivity index (χ4v) is 4.36. The number of amides is 1. The summed E-state index contributed by atoms with van der Waals surface area (Å²) in [6.07, 6.45) is -0.0164. The molecular weight excluding hydrogens is 430 g/mol. The Balaban J connectivity index is 1.39. The summed E-state index contributed by atoms with van der Waals surface area (Å²) in [5, 5.41) is 5.06. The van der Waals surface area contributed by atoms with Gasteiger partial charge in [-0.05, 0) is 38.5 Å². The molecule has 1 unspecified atom stereocenters. The first kappa shape index (κ1) is 22.2. The highest BCUT2D eigenvalue weighted by molar-refractivity contribution is 7.98. The van der Waals surface area contributed by atoms with Gasteiger partial charge in [0.1, 0.15) is 0 Å². The molecule has 3 heterocycles. The van der Waals surface area contributed by atoms with E-state index in [1.165, 1.54) is 11.8 Å². The number of aromatic nitrogens is 4. The number of aryl methyl sites for hydroxylation is 2. The van der Waals surface area contributed by atoms with Crippen molar-refractivity contribution in [3.63, 3.8) is 0 Å². The molecule has 2 aromatic heterocycles. The molecule has 1 atom stereocenters. The van der Waals surface area contributed by atoms with E-state index in [-0.39, 0.29) is 18.6 Å². The van der Waals surface area contributed by atoms with E-state index >= 15 is 0 Å². The molecule has 0 radical (unpaired) electrons. The van der Waals surface area contributed by atoms with Gasteiger partial charge in [0.05, 0.1) is 18.3 Å². The van der Waals surface area contributed by atoms with E-state index in [2.05, 4.69) is 15.1 Å². The van der Waals surface area contributed by atoms with Crippen molar-refractivity contribution < 1.29 is 19.1 Å². The van der Waals surface area contributed by atoms with Crippen LogP contribution in [0.1, 0.15) is 34.2 Å².